The summed E-state index contributed by atoms with van der Waals surface area (Å²) in [5, 5.41) is 21.1. The Morgan fingerprint density at radius 3 is 2.32 bits per heavy atom. The zero-order chi connectivity index (χ0) is 21.8. The quantitative estimate of drug-likeness (QED) is 0.145. The van der Waals surface area contributed by atoms with Crippen LogP contribution in [-0.2, 0) is 6.42 Å². The third-order valence-electron chi connectivity index (χ3n) is 4.26. The fourth-order valence-corrected chi connectivity index (χ4v) is 2.72. The number of aliphatic imine (C=N–C) groups is 1. The monoisotopic (exact) mass is 539 g/mol. The molecule has 0 heterocycles. The predicted molar refractivity (Wildman–Crippen MR) is 133 cm³/mol. The highest BCUT2D eigenvalue weighted by molar-refractivity contribution is 14.0. The van der Waals surface area contributed by atoms with Gasteiger partial charge in [-0.25, -0.2) is 0 Å². The van der Waals surface area contributed by atoms with Crippen molar-refractivity contribution in [3.05, 3.63) is 65.2 Å². The topological polar surface area (TPSA) is 115 Å². The third-order valence-corrected chi connectivity index (χ3v) is 4.26. The van der Waals surface area contributed by atoms with Gasteiger partial charge in [-0.3, -0.25) is 14.6 Å². The van der Waals surface area contributed by atoms with Crippen LogP contribution in [0.25, 0.3) is 0 Å². The van der Waals surface area contributed by atoms with Crippen LogP contribution in [0.4, 0.5) is 0 Å². The zero-order valence-electron chi connectivity index (χ0n) is 17.8. The molecule has 0 aliphatic rings. The summed E-state index contributed by atoms with van der Waals surface area (Å²) in [6.45, 7) is 4.21. The average Bonchev–Trinajstić information content (AvgIpc) is 2.76. The molecule has 5 N–H and O–H groups in total. The van der Waals surface area contributed by atoms with Crippen LogP contribution in [0.3, 0.4) is 0 Å². The molecule has 0 saturated heterocycles. The molecule has 31 heavy (non-hydrogen) atoms. The summed E-state index contributed by atoms with van der Waals surface area (Å²) in [6, 6.07) is 13.6. The van der Waals surface area contributed by atoms with Crippen LogP contribution in [0.1, 0.15) is 33.2 Å². The molecule has 0 spiro atoms. The van der Waals surface area contributed by atoms with E-state index in [0.29, 0.717) is 43.1 Å². The Labute approximate surface area is 199 Å². The van der Waals surface area contributed by atoms with Crippen molar-refractivity contribution in [1.29, 1.82) is 0 Å². The molecule has 168 valence electrons. The second-order valence-electron chi connectivity index (χ2n) is 6.52. The summed E-state index contributed by atoms with van der Waals surface area (Å²) in [5.41, 5.74) is 2.16. The highest BCUT2D eigenvalue weighted by Crippen LogP contribution is 2.09. The summed E-state index contributed by atoms with van der Waals surface area (Å²) in [6.07, 6.45) is 0.707. The number of benzene rings is 2. The number of amides is 2. The van der Waals surface area contributed by atoms with E-state index >= 15 is 0 Å². The minimum atomic E-state index is -0.199. The van der Waals surface area contributed by atoms with E-state index < -0.39 is 0 Å². The van der Waals surface area contributed by atoms with Crippen molar-refractivity contribution in [3.8, 4) is 5.75 Å². The fourth-order valence-electron chi connectivity index (χ4n) is 2.72. The van der Waals surface area contributed by atoms with Gasteiger partial charge < -0.3 is 26.4 Å². The first-order chi connectivity index (χ1) is 14.5. The number of aromatic hydroxyl groups is 1. The summed E-state index contributed by atoms with van der Waals surface area (Å²) in [7, 11) is 1.61. The van der Waals surface area contributed by atoms with Gasteiger partial charge in [0.2, 0.25) is 0 Å². The van der Waals surface area contributed by atoms with Crippen molar-refractivity contribution in [3.63, 3.8) is 0 Å². The van der Waals surface area contributed by atoms with Gasteiger partial charge in [0.25, 0.3) is 11.8 Å². The molecule has 0 radical (unpaired) electrons. The van der Waals surface area contributed by atoms with Gasteiger partial charge in [-0.1, -0.05) is 12.1 Å². The molecule has 0 aliphatic carbocycles. The van der Waals surface area contributed by atoms with Gasteiger partial charge in [0.05, 0.1) is 0 Å². The van der Waals surface area contributed by atoms with Crippen molar-refractivity contribution in [1.82, 2.24) is 21.3 Å². The molecule has 0 unspecified atom stereocenters. The van der Waals surface area contributed by atoms with Crippen LogP contribution in [0.15, 0.2) is 53.5 Å². The van der Waals surface area contributed by atoms with Gasteiger partial charge in [-0.05, 0) is 55.3 Å². The molecule has 0 atom stereocenters. The lowest BCUT2D eigenvalue weighted by Crippen LogP contribution is -2.41. The highest BCUT2D eigenvalue weighted by Gasteiger charge is 2.05. The van der Waals surface area contributed by atoms with Gasteiger partial charge in [0, 0.05) is 44.4 Å². The number of guanidine groups is 1. The van der Waals surface area contributed by atoms with Gasteiger partial charge in [-0.2, -0.15) is 0 Å². The summed E-state index contributed by atoms with van der Waals surface area (Å²) in [5.74, 6) is 0.485. The molecule has 0 bridgehead atoms. The van der Waals surface area contributed by atoms with Crippen LogP contribution >= 0.6 is 24.0 Å². The number of rotatable bonds is 9. The molecule has 2 aromatic rings. The van der Waals surface area contributed by atoms with E-state index in [-0.39, 0.29) is 41.5 Å². The van der Waals surface area contributed by atoms with E-state index in [4.69, 9.17) is 0 Å². The Balaban J connectivity index is 0.00000480. The number of hydrogen-bond donors (Lipinski definition) is 5. The van der Waals surface area contributed by atoms with Crippen LogP contribution in [-0.4, -0.2) is 56.1 Å². The first-order valence-electron chi connectivity index (χ1n) is 9.94. The largest absolute Gasteiger partial charge is 0.508 e. The van der Waals surface area contributed by atoms with E-state index in [2.05, 4.69) is 26.3 Å². The van der Waals surface area contributed by atoms with Crippen LogP contribution in [0.5, 0.6) is 5.75 Å². The molecule has 0 aromatic heterocycles. The minimum absolute atomic E-state index is 0. The van der Waals surface area contributed by atoms with Gasteiger partial charge in [0.15, 0.2) is 5.96 Å². The number of hydrogen-bond acceptors (Lipinski definition) is 4. The summed E-state index contributed by atoms with van der Waals surface area (Å²) in [4.78, 5) is 28.3. The Kier molecular flexibility index (Phi) is 12.0. The van der Waals surface area contributed by atoms with Gasteiger partial charge in [-0.15, -0.1) is 24.0 Å². The molecule has 2 amide bonds. The van der Waals surface area contributed by atoms with Crippen molar-refractivity contribution in [2.45, 2.75) is 13.3 Å². The molecule has 2 aromatic carbocycles. The number of nitrogens with one attached hydrogen (secondary N) is 4. The normalized spacial score (nSPS) is 10.6. The number of phenolic OH excluding ortho intramolecular Hbond substituents is 1. The SMILES string of the molecule is CCNC(=NCCc1cccc(C(=O)NC)c1)NCCNC(=O)c1ccc(O)cc1.I. The van der Waals surface area contributed by atoms with Crippen molar-refractivity contribution < 1.29 is 14.7 Å². The predicted octanol–water partition coefficient (Wildman–Crippen LogP) is 1.90. The Hall–Kier alpha value is -2.82. The van der Waals surface area contributed by atoms with E-state index in [1.165, 1.54) is 12.1 Å². The van der Waals surface area contributed by atoms with E-state index in [1.54, 1.807) is 25.2 Å². The first-order valence-corrected chi connectivity index (χ1v) is 9.94. The minimum Gasteiger partial charge on any atom is -0.508 e. The second-order valence-corrected chi connectivity index (χ2v) is 6.52. The Morgan fingerprint density at radius 2 is 1.65 bits per heavy atom. The van der Waals surface area contributed by atoms with Crippen molar-refractivity contribution in [2.24, 2.45) is 4.99 Å². The molecule has 9 heteroatoms. The molecule has 2 rings (SSSR count). The Bertz CT molecular complexity index is 872. The molecule has 8 nitrogen and oxygen atoms in total. The Morgan fingerprint density at radius 1 is 0.935 bits per heavy atom. The number of nitrogens with zero attached hydrogens (tertiary/aromatic N) is 1. The number of halogens is 1. The van der Waals surface area contributed by atoms with Crippen LogP contribution < -0.4 is 21.3 Å². The molecule has 0 fully saturated rings. The van der Waals surface area contributed by atoms with E-state index in [1.807, 2.05) is 25.1 Å². The zero-order valence-corrected chi connectivity index (χ0v) is 20.1. The lowest BCUT2D eigenvalue weighted by atomic mass is 10.1. The maximum Gasteiger partial charge on any atom is 0.251 e. The van der Waals surface area contributed by atoms with E-state index in [0.717, 1.165) is 12.1 Å². The smallest absolute Gasteiger partial charge is 0.251 e. The number of carbonyl (C=O) groups excluding carboxylic acids is 2. The summed E-state index contributed by atoms with van der Waals surface area (Å²) < 4.78 is 0. The molecule has 0 saturated carbocycles. The molecular weight excluding hydrogens is 509 g/mol. The average molecular weight is 539 g/mol. The van der Waals surface area contributed by atoms with Gasteiger partial charge >= 0.3 is 0 Å². The second kappa shape index (κ2) is 14.2. The number of phenols is 1. The van der Waals surface area contributed by atoms with Gasteiger partial charge in [0.1, 0.15) is 5.75 Å². The number of carbonyl (C=O) groups is 2. The lowest BCUT2D eigenvalue weighted by Gasteiger charge is -2.12. The van der Waals surface area contributed by atoms with Crippen LogP contribution in [0.2, 0.25) is 0 Å². The standard InChI is InChI=1S/C22H29N5O3.HI/c1-3-24-22(26-12-11-16-5-4-6-18(15-16)20(29)23-2)27-14-13-25-21(30)17-7-9-19(28)10-8-17;/h4-10,15,28H,3,11-14H2,1-2H3,(H,23,29)(H,25,30)(H2,24,26,27);1H. The van der Waals surface area contributed by atoms with Crippen molar-refractivity contribution >= 4 is 41.8 Å². The third kappa shape index (κ3) is 9.24. The first kappa shape index (κ1) is 26.2. The highest BCUT2D eigenvalue weighted by atomic mass is 127. The van der Waals surface area contributed by atoms with Crippen LogP contribution in [0, 0.1) is 0 Å². The maximum absolute atomic E-state index is 12.1. The molecule has 0 aliphatic heterocycles. The molecular formula is C22H30IN5O3. The lowest BCUT2D eigenvalue weighted by molar-refractivity contribution is 0.0949. The van der Waals surface area contributed by atoms with E-state index in [9.17, 15) is 14.7 Å². The maximum atomic E-state index is 12.1. The fraction of sp³-hybridized carbons (Fsp3) is 0.318. The van der Waals surface area contributed by atoms with Crippen molar-refractivity contribution in [2.75, 3.05) is 33.2 Å². The summed E-state index contributed by atoms with van der Waals surface area (Å²) >= 11 is 0.